The molecule has 114 valence electrons. The Kier molecular flexibility index (Phi) is 4.16. The second-order valence-electron chi connectivity index (χ2n) is 6.11. The molecule has 0 unspecified atom stereocenters. The number of hydrogen-bond acceptors (Lipinski definition) is 4. The fourth-order valence-corrected chi connectivity index (χ4v) is 2.49. The first-order valence-corrected chi connectivity index (χ1v) is 6.93. The summed E-state index contributed by atoms with van der Waals surface area (Å²) in [4.78, 5) is 29.4. The Balaban J connectivity index is 2.28. The van der Waals surface area contributed by atoms with Gasteiger partial charge in [-0.1, -0.05) is 6.07 Å². The third kappa shape index (κ3) is 3.51. The number of carbonyl (C=O) groups excluding carboxylic acids is 1. The van der Waals surface area contributed by atoms with Crippen molar-refractivity contribution in [2.24, 2.45) is 5.92 Å². The SMILES string of the molecule is CC(C)(C)OC(=O)N1CC[C@@H](C(=O)O)[C@@H]1c1ccccn1. The third-order valence-electron chi connectivity index (χ3n) is 3.33. The smallest absolute Gasteiger partial charge is 0.410 e. The van der Waals surface area contributed by atoms with Gasteiger partial charge in [-0.2, -0.15) is 0 Å². The van der Waals surface area contributed by atoms with Crippen molar-refractivity contribution in [3.63, 3.8) is 0 Å². The fraction of sp³-hybridized carbons (Fsp3) is 0.533. The molecule has 0 bridgehead atoms. The first-order chi connectivity index (χ1) is 9.79. The van der Waals surface area contributed by atoms with E-state index in [2.05, 4.69) is 4.98 Å². The average molecular weight is 292 g/mol. The Hall–Kier alpha value is -2.11. The van der Waals surface area contributed by atoms with Gasteiger partial charge in [0.1, 0.15) is 5.60 Å². The highest BCUT2D eigenvalue weighted by Gasteiger charge is 2.44. The number of carboxylic acid groups (broad SMARTS) is 1. The van der Waals surface area contributed by atoms with Crippen LogP contribution < -0.4 is 0 Å². The van der Waals surface area contributed by atoms with Gasteiger partial charge in [0, 0.05) is 12.7 Å². The normalized spacial score (nSPS) is 22.1. The van der Waals surface area contributed by atoms with Crippen LogP contribution in [-0.2, 0) is 9.53 Å². The van der Waals surface area contributed by atoms with Crippen LogP contribution in [0, 0.1) is 5.92 Å². The van der Waals surface area contributed by atoms with E-state index < -0.39 is 29.6 Å². The van der Waals surface area contributed by atoms with Crippen molar-refractivity contribution >= 4 is 12.1 Å². The molecule has 0 aliphatic carbocycles. The molecule has 2 atom stereocenters. The molecule has 1 N–H and O–H groups in total. The van der Waals surface area contributed by atoms with Crippen LogP contribution in [0.3, 0.4) is 0 Å². The van der Waals surface area contributed by atoms with Gasteiger partial charge in [-0.25, -0.2) is 4.79 Å². The van der Waals surface area contributed by atoms with Gasteiger partial charge in [-0.05, 0) is 39.3 Å². The summed E-state index contributed by atoms with van der Waals surface area (Å²) >= 11 is 0. The van der Waals surface area contributed by atoms with Gasteiger partial charge in [0.15, 0.2) is 0 Å². The zero-order valence-corrected chi connectivity index (χ0v) is 12.4. The van der Waals surface area contributed by atoms with Gasteiger partial charge < -0.3 is 9.84 Å². The van der Waals surface area contributed by atoms with E-state index in [1.165, 1.54) is 4.90 Å². The molecule has 2 heterocycles. The number of carboxylic acids is 1. The van der Waals surface area contributed by atoms with E-state index in [9.17, 15) is 14.7 Å². The number of rotatable bonds is 2. The lowest BCUT2D eigenvalue weighted by molar-refractivity contribution is -0.142. The van der Waals surface area contributed by atoms with E-state index in [0.29, 0.717) is 18.7 Å². The molecule has 0 aromatic carbocycles. The van der Waals surface area contributed by atoms with E-state index in [1.807, 2.05) is 0 Å². The number of ether oxygens (including phenoxy) is 1. The molecular weight excluding hydrogens is 272 g/mol. The standard InChI is InChI=1S/C15H20N2O4/c1-15(2,3)21-14(20)17-9-7-10(13(18)19)12(17)11-6-4-5-8-16-11/h4-6,8,10,12H,7,9H2,1-3H3,(H,18,19)/t10-,12-/m1/s1. The number of hydrogen-bond donors (Lipinski definition) is 1. The lowest BCUT2D eigenvalue weighted by Crippen LogP contribution is -2.38. The van der Waals surface area contributed by atoms with Crippen LogP contribution in [0.15, 0.2) is 24.4 Å². The summed E-state index contributed by atoms with van der Waals surface area (Å²) in [5.74, 6) is -1.58. The molecule has 1 aromatic rings. The third-order valence-corrected chi connectivity index (χ3v) is 3.33. The Morgan fingerprint density at radius 1 is 1.38 bits per heavy atom. The van der Waals surface area contributed by atoms with Crippen LogP contribution in [0.1, 0.15) is 38.9 Å². The number of amides is 1. The molecule has 1 amide bonds. The van der Waals surface area contributed by atoms with Crippen molar-refractivity contribution < 1.29 is 19.4 Å². The van der Waals surface area contributed by atoms with E-state index in [4.69, 9.17) is 4.74 Å². The summed E-state index contributed by atoms with van der Waals surface area (Å²) in [6, 6.07) is 4.70. The van der Waals surface area contributed by atoms with Crippen molar-refractivity contribution in [1.29, 1.82) is 0 Å². The monoisotopic (exact) mass is 292 g/mol. The van der Waals surface area contributed by atoms with Crippen LogP contribution >= 0.6 is 0 Å². The number of likely N-dealkylation sites (tertiary alicyclic amines) is 1. The summed E-state index contributed by atoms with van der Waals surface area (Å²) < 4.78 is 5.37. The maximum Gasteiger partial charge on any atom is 0.410 e. The zero-order valence-electron chi connectivity index (χ0n) is 12.4. The van der Waals surface area contributed by atoms with Crippen molar-refractivity contribution in [2.75, 3.05) is 6.54 Å². The Morgan fingerprint density at radius 2 is 2.10 bits per heavy atom. The molecule has 0 radical (unpaired) electrons. The van der Waals surface area contributed by atoms with Gasteiger partial charge in [0.25, 0.3) is 0 Å². The minimum atomic E-state index is -0.920. The molecule has 6 nitrogen and oxygen atoms in total. The Bertz CT molecular complexity index is 524. The highest BCUT2D eigenvalue weighted by atomic mass is 16.6. The lowest BCUT2D eigenvalue weighted by atomic mass is 9.97. The van der Waals surface area contributed by atoms with Crippen molar-refractivity contribution in [3.05, 3.63) is 30.1 Å². The van der Waals surface area contributed by atoms with Gasteiger partial charge in [-0.3, -0.25) is 14.7 Å². The Morgan fingerprint density at radius 3 is 2.62 bits per heavy atom. The zero-order chi connectivity index (χ0) is 15.6. The summed E-state index contributed by atoms with van der Waals surface area (Å²) in [6.45, 7) is 5.70. The molecule has 1 aromatic heterocycles. The van der Waals surface area contributed by atoms with E-state index in [1.54, 1.807) is 45.2 Å². The van der Waals surface area contributed by atoms with Crippen molar-refractivity contribution in [2.45, 2.75) is 38.8 Å². The molecule has 21 heavy (non-hydrogen) atoms. The quantitative estimate of drug-likeness (QED) is 0.905. The minimum absolute atomic E-state index is 0.354. The predicted molar refractivity (Wildman–Crippen MR) is 75.7 cm³/mol. The van der Waals surface area contributed by atoms with E-state index >= 15 is 0 Å². The van der Waals surface area contributed by atoms with Crippen LogP contribution in [0.4, 0.5) is 4.79 Å². The van der Waals surface area contributed by atoms with Crippen molar-refractivity contribution in [1.82, 2.24) is 9.88 Å². The summed E-state index contributed by atoms with van der Waals surface area (Å²) in [6.07, 6.45) is 1.50. The van der Waals surface area contributed by atoms with Crippen LogP contribution in [0.5, 0.6) is 0 Å². The van der Waals surface area contributed by atoms with Gasteiger partial charge in [0.05, 0.1) is 17.7 Å². The van der Waals surface area contributed by atoms with Gasteiger partial charge in [0.2, 0.25) is 0 Å². The number of pyridine rings is 1. The highest BCUT2D eigenvalue weighted by Crippen LogP contribution is 2.37. The molecule has 2 rings (SSSR count). The average Bonchev–Trinajstić information content (AvgIpc) is 2.82. The first-order valence-electron chi connectivity index (χ1n) is 6.93. The summed E-state index contributed by atoms with van der Waals surface area (Å²) in [5.41, 5.74) is -0.0409. The van der Waals surface area contributed by atoms with Crippen LogP contribution in [0.25, 0.3) is 0 Å². The molecule has 6 heteroatoms. The molecule has 1 saturated heterocycles. The maximum absolute atomic E-state index is 12.3. The largest absolute Gasteiger partial charge is 0.481 e. The van der Waals surface area contributed by atoms with E-state index in [0.717, 1.165) is 0 Å². The predicted octanol–water partition coefficient (Wildman–Crippen LogP) is 2.46. The second kappa shape index (κ2) is 5.71. The van der Waals surface area contributed by atoms with Gasteiger partial charge >= 0.3 is 12.1 Å². The first kappa shape index (κ1) is 15.3. The minimum Gasteiger partial charge on any atom is -0.481 e. The van der Waals surface area contributed by atoms with Crippen LogP contribution in [-0.4, -0.2) is 39.2 Å². The maximum atomic E-state index is 12.3. The number of nitrogens with zero attached hydrogens (tertiary/aromatic N) is 2. The number of aromatic nitrogens is 1. The molecule has 1 aliphatic heterocycles. The van der Waals surface area contributed by atoms with Crippen molar-refractivity contribution in [3.8, 4) is 0 Å². The summed E-state index contributed by atoms with van der Waals surface area (Å²) in [5, 5.41) is 9.37. The molecule has 1 aliphatic rings. The molecule has 1 fully saturated rings. The summed E-state index contributed by atoms with van der Waals surface area (Å²) in [7, 11) is 0. The highest BCUT2D eigenvalue weighted by molar-refractivity contribution is 5.75. The molecule has 0 spiro atoms. The topological polar surface area (TPSA) is 79.7 Å². The molecule has 0 saturated carbocycles. The number of aliphatic carboxylic acids is 1. The number of carbonyl (C=O) groups is 2. The van der Waals surface area contributed by atoms with Gasteiger partial charge in [-0.15, -0.1) is 0 Å². The van der Waals surface area contributed by atoms with Crippen LogP contribution in [0.2, 0.25) is 0 Å². The van der Waals surface area contributed by atoms with E-state index in [-0.39, 0.29) is 0 Å². The second-order valence-corrected chi connectivity index (χ2v) is 6.11. The molecular formula is C15H20N2O4. The fourth-order valence-electron chi connectivity index (χ4n) is 2.49. The Labute approximate surface area is 123 Å². The lowest BCUT2D eigenvalue weighted by Gasteiger charge is -2.29.